The van der Waals surface area contributed by atoms with E-state index < -0.39 is 7.53 Å². The molecule has 1 unspecified atom stereocenters. The molecule has 0 aliphatic carbocycles. The summed E-state index contributed by atoms with van der Waals surface area (Å²) in [5, 5.41) is 0. The molecule has 0 fully saturated rings. The summed E-state index contributed by atoms with van der Waals surface area (Å²) in [6.07, 6.45) is 0. The van der Waals surface area contributed by atoms with E-state index in [-0.39, 0.29) is 5.55 Å². The maximum atomic E-state index is 12.1. The lowest BCUT2D eigenvalue weighted by Gasteiger charge is -1.78. The molecule has 0 spiro atoms. The standard InChI is InChI=1S/C5H6FP/c1-7-4-2-3-5(7)6/h2-4H,1H3. The summed E-state index contributed by atoms with van der Waals surface area (Å²) < 4.78 is 12.1. The Labute approximate surface area is 43.0 Å². The largest absolute Gasteiger partial charge is 0.202 e. The zero-order valence-corrected chi connectivity index (χ0v) is 4.95. The van der Waals surface area contributed by atoms with Gasteiger partial charge in [-0.2, -0.15) is 0 Å². The average Bonchev–Trinajstić information content (AvgIpc) is 1.91. The van der Waals surface area contributed by atoms with Gasteiger partial charge in [-0.1, -0.05) is 13.6 Å². The van der Waals surface area contributed by atoms with Crippen LogP contribution in [0.3, 0.4) is 0 Å². The normalized spacial score (nSPS) is 12.0. The van der Waals surface area contributed by atoms with E-state index in [4.69, 9.17) is 0 Å². The second kappa shape index (κ2) is 1.67. The maximum Gasteiger partial charge on any atom is 0.141 e. The molecule has 0 aliphatic heterocycles. The smallest absolute Gasteiger partial charge is 0.141 e. The fourth-order valence-electron chi connectivity index (χ4n) is 0.440. The van der Waals surface area contributed by atoms with Gasteiger partial charge in [-0.25, -0.2) is 4.39 Å². The van der Waals surface area contributed by atoms with Crippen molar-refractivity contribution in [3.8, 4) is 0 Å². The molecular formula is C5H6FP. The number of hydrogen-bond acceptors (Lipinski definition) is 0. The summed E-state index contributed by atoms with van der Waals surface area (Å²) in [5.41, 5.74) is 0.0370. The lowest BCUT2D eigenvalue weighted by molar-refractivity contribution is 0.656. The Kier molecular flexibility index (Phi) is 1.16. The average molecular weight is 116 g/mol. The highest BCUT2D eigenvalue weighted by Gasteiger charge is 1.89. The third kappa shape index (κ3) is 0.834. The van der Waals surface area contributed by atoms with Crippen molar-refractivity contribution in [1.29, 1.82) is 0 Å². The second-order valence-electron chi connectivity index (χ2n) is 1.44. The monoisotopic (exact) mass is 116 g/mol. The molecule has 0 saturated heterocycles. The third-order valence-corrected chi connectivity index (χ3v) is 2.32. The predicted octanol–water partition coefficient (Wildman–Crippen LogP) is 2.35. The Balaban J connectivity index is 3.12. The van der Waals surface area contributed by atoms with Gasteiger partial charge in [0.25, 0.3) is 0 Å². The fourth-order valence-corrected chi connectivity index (χ4v) is 1.25. The molecule has 2 heteroatoms. The molecule has 0 amide bonds. The predicted molar refractivity (Wildman–Crippen MR) is 30.1 cm³/mol. The van der Waals surface area contributed by atoms with Crippen LogP contribution in [0.15, 0.2) is 17.9 Å². The second-order valence-corrected chi connectivity index (χ2v) is 3.39. The van der Waals surface area contributed by atoms with E-state index in [9.17, 15) is 4.39 Å². The van der Waals surface area contributed by atoms with Gasteiger partial charge in [-0.05, 0) is 18.5 Å². The first-order valence-electron chi connectivity index (χ1n) is 2.07. The molecule has 7 heavy (non-hydrogen) atoms. The van der Waals surface area contributed by atoms with Crippen LogP contribution in [0, 0.1) is 5.55 Å². The molecule has 38 valence electrons. The van der Waals surface area contributed by atoms with E-state index in [1.54, 1.807) is 6.07 Å². The number of halogens is 1. The van der Waals surface area contributed by atoms with Crippen molar-refractivity contribution in [3.05, 3.63) is 23.5 Å². The van der Waals surface area contributed by atoms with Crippen LogP contribution >= 0.6 is 7.53 Å². The van der Waals surface area contributed by atoms with Gasteiger partial charge >= 0.3 is 0 Å². The Morgan fingerprint density at radius 3 is 2.57 bits per heavy atom. The molecule has 0 nitrogen and oxygen atoms in total. The van der Waals surface area contributed by atoms with Crippen LogP contribution in [-0.2, 0) is 6.66 Å². The van der Waals surface area contributed by atoms with E-state index in [1.807, 2.05) is 12.5 Å². The fraction of sp³-hybridized carbons (Fsp3) is 0.200. The van der Waals surface area contributed by atoms with E-state index in [2.05, 4.69) is 0 Å². The first-order chi connectivity index (χ1) is 3.30. The van der Waals surface area contributed by atoms with Crippen LogP contribution in [0.1, 0.15) is 0 Å². The molecule has 0 aliphatic rings. The first kappa shape index (κ1) is 4.86. The van der Waals surface area contributed by atoms with E-state index in [0.717, 1.165) is 0 Å². The van der Waals surface area contributed by atoms with Crippen molar-refractivity contribution in [2.45, 2.75) is 0 Å². The Morgan fingerprint density at radius 1 is 1.71 bits per heavy atom. The molecule has 1 aromatic rings. The van der Waals surface area contributed by atoms with Crippen LogP contribution < -0.4 is 0 Å². The van der Waals surface area contributed by atoms with E-state index in [0.29, 0.717) is 0 Å². The van der Waals surface area contributed by atoms with Gasteiger partial charge in [-0.3, -0.25) is 0 Å². The van der Waals surface area contributed by atoms with Crippen molar-refractivity contribution in [2.24, 2.45) is 6.66 Å². The van der Waals surface area contributed by atoms with Gasteiger partial charge in [0, 0.05) is 0 Å². The number of hydrogen-bond donors (Lipinski definition) is 0. The molecule has 0 aromatic carbocycles. The highest BCUT2D eigenvalue weighted by atomic mass is 31.1. The zero-order valence-electron chi connectivity index (χ0n) is 4.06. The molecular weight excluding hydrogens is 110 g/mol. The summed E-state index contributed by atoms with van der Waals surface area (Å²) in [6.45, 7) is 1.89. The van der Waals surface area contributed by atoms with Crippen molar-refractivity contribution < 1.29 is 4.39 Å². The highest BCUT2D eigenvalue weighted by molar-refractivity contribution is 7.46. The Hall–Kier alpha value is -0.290. The lowest BCUT2D eigenvalue weighted by atomic mass is 10.7. The van der Waals surface area contributed by atoms with Gasteiger partial charge in [0.05, 0.1) is 0 Å². The Morgan fingerprint density at radius 2 is 2.43 bits per heavy atom. The molecule has 0 bridgehead atoms. The minimum absolute atomic E-state index is 0.0370. The number of aryl methyl sites for hydroxylation is 1. The van der Waals surface area contributed by atoms with Gasteiger partial charge in [-0.15, -0.1) is 0 Å². The summed E-state index contributed by atoms with van der Waals surface area (Å²) in [6, 6.07) is 3.28. The molecule has 1 atom stereocenters. The minimum Gasteiger partial charge on any atom is -0.202 e. The van der Waals surface area contributed by atoms with Gasteiger partial charge in [0.1, 0.15) is 5.55 Å². The molecule has 1 heterocycles. The van der Waals surface area contributed by atoms with Crippen molar-refractivity contribution in [3.63, 3.8) is 0 Å². The van der Waals surface area contributed by atoms with Crippen LogP contribution in [0.25, 0.3) is 0 Å². The summed E-state index contributed by atoms with van der Waals surface area (Å²) in [4.78, 5) is 0. The van der Waals surface area contributed by atoms with Gasteiger partial charge < -0.3 is 0 Å². The van der Waals surface area contributed by atoms with Crippen molar-refractivity contribution in [2.75, 3.05) is 0 Å². The molecule has 0 saturated carbocycles. The molecule has 1 rings (SSSR count). The van der Waals surface area contributed by atoms with Crippen molar-refractivity contribution in [1.82, 2.24) is 0 Å². The van der Waals surface area contributed by atoms with Crippen LogP contribution in [-0.4, -0.2) is 0 Å². The van der Waals surface area contributed by atoms with Crippen LogP contribution in [0.4, 0.5) is 4.39 Å². The molecule has 1 aromatic heterocycles. The van der Waals surface area contributed by atoms with Crippen LogP contribution in [0.2, 0.25) is 0 Å². The summed E-state index contributed by atoms with van der Waals surface area (Å²) >= 11 is 0. The van der Waals surface area contributed by atoms with E-state index in [1.165, 1.54) is 6.07 Å². The minimum atomic E-state index is -0.512. The summed E-state index contributed by atoms with van der Waals surface area (Å²) in [5.74, 6) is 1.89. The summed E-state index contributed by atoms with van der Waals surface area (Å²) in [7, 11) is -0.512. The zero-order chi connectivity index (χ0) is 5.28. The SMILES string of the molecule is Cp1cccc1F. The topological polar surface area (TPSA) is 0 Å². The maximum absolute atomic E-state index is 12.1. The first-order valence-corrected chi connectivity index (χ1v) is 3.93. The lowest BCUT2D eigenvalue weighted by Crippen LogP contribution is -1.50. The van der Waals surface area contributed by atoms with Crippen molar-refractivity contribution >= 4 is 7.53 Å². The Bertz CT molecular complexity index is 140. The van der Waals surface area contributed by atoms with E-state index >= 15 is 0 Å². The van der Waals surface area contributed by atoms with Gasteiger partial charge in [0.15, 0.2) is 0 Å². The molecule has 0 radical (unpaired) electrons. The van der Waals surface area contributed by atoms with Crippen LogP contribution in [0.5, 0.6) is 0 Å². The quantitative estimate of drug-likeness (QED) is 0.488. The van der Waals surface area contributed by atoms with Gasteiger partial charge in [0.2, 0.25) is 0 Å². The number of rotatable bonds is 0. The highest BCUT2D eigenvalue weighted by Crippen LogP contribution is 2.26. The molecule has 0 N–H and O–H groups in total. The third-order valence-electron chi connectivity index (χ3n) is 0.880.